The van der Waals surface area contributed by atoms with Crippen LogP contribution in [-0.4, -0.2) is 0 Å². The molecule has 4 aromatic rings. The maximum atomic E-state index is 3.55. The molecule has 0 saturated carbocycles. The van der Waals surface area contributed by atoms with E-state index in [0.717, 1.165) is 0 Å². The minimum absolute atomic E-state index is 0.295. The van der Waals surface area contributed by atoms with Crippen LogP contribution in [0.4, 0.5) is 0 Å². The van der Waals surface area contributed by atoms with Gasteiger partial charge in [-0.1, -0.05) is 84.9 Å². The topological polar surface area (TPSA) is 0 Å². The summed E-state index contributed by atoms with van der Waals surface area (Å²) in [6.45, 7) is 0. The fraction of sp³-hybridized carbons (Fsp3) is 0.143. The van der Waals surface area contributed by atoms with Crippen molar-refractivity contribution in [3.63, 3.8) is 0 Å². The molecule has 10 rings (SSSR count). The van der Waals surface area contributed by atoms with Crippen molar-refractivity contribution in [2.75, 3.05) is 0 Å². The zero-order valence-electron chi connectivity index (χ0n) is 15.4. The molecule has 2 atom stereocenters. The van der Waals surface area contributed by atoms with Crippen molar-refractivity contribution in [1.82, 2.24) is 0 Å². The lowest BCUT2D eigenvalue weighted by atomic mass is 9.53. The van der Waals surface area contributed by atoms with Gasteiger partial charge >= 0.3 is 0 Å². The second-order valence-corrected chi connectivity index (χ2v) is 8.27. The summed E-state index contributed by atoms with van der Waals surface area (Å²) < 4.78 is 0. The van der Waals surface area contributed by atoms with Gasteiger partial charge in [-0.2, -0.15) is 0 Å². The van der Waals surface area contributed by atoms with Gasteiger partial charge in [-0.05, 0) is 51.1 Å². The molecule has 4 bridgehead atoms. The number of benzene rings is 3. The van der Waals surface area contributed by atoms with Gasteiger partial charge in [-0.15, -0.1) is 0 Å². The number of hydrogen-bond acceptors (Lipinski definition) is 0. The molecule has 6 aliphatic carbocycles. The molecule has 0 radical (unpaired) electrons. The summed E-state index contributed by atoms with van der Waals surface area (Å²) in [6, 6.07) is 38.6. The Morgan fingerprint density at radius 3 is 1.32 bits per heavy atom. The molecule has 0 heterocycles. The van der Waals surface area contributed by atoms with Crippen molar-refractivity contribution in [2.45, 2.75) is 23.7 Å². The van der Waals surface area contributed by atoms with Crippen LogP contribution in [0.15, 0.2) is 84.9 Å². The zero-order valence-corrected chi connectivity index (χ0v) is 15.4. The van der Waals surface area contributed by atoms with Crippen LogP contribution in [0.5, 0.6) is 0 Å². The van der Waals surface area contributed by atoms with Gasteiger partial charge in [0.2, 0.25) is 0 Å². The third kappa shape index (κ3) is 1.64. The van der Waals surface area contributed by atoms with Crippen molar-refractivity contribution in [3.8, 4) is 0 Å². The largest absolute Gasteiger partial charge is 0.0699 e. The third-order valence-corrected chi connectivity index (χ3v) is 7.18. The molecular weight excluding hydrogens is 336 g/mol. The van der Waals surface area contributed by atoms with E-state index in [1.54, 1.807) is 0 Å². The second kappa shape index (κ2) is 5.15. The molecule has 0 N–H and O–H groups in total. The molecule has 4 aromatic carbocycles. The van der Waals surface area contributed by atoms with Gasteiger partial charge in [0.1, 0.15) is 0 Å². The maximum Gasteiger partial charge on any atom is 0.0285 e. The van der Waals surface area contributed by atoms with Gasteiger partial charge < -0.3 is 0 Å². The van der Waals surface area contributed by atoms with E-state index in [4.69, 9.17) is 0 Å². The summed E-state index contributed by atoms with van der Waals surface area (Å²) in [5, 5.41) is 0. The Morgan fingerprint density at radius 1 is 0.429 bits per heavy atom. The van der Waals surface area contributed by atoms with E-state index < -0.39 is 0 Å². The van der Waals surface area contributed by atoms with Crippen LogP contribution in [0.1, 0.15) is 68.2 Å². The van der Waals surface area contributed by atoms with Gasteiger partial charge in [0.05, 0.1) is 0 Å². The molecule has 130 valence electrons. The van der Waals surface area contributed by atoms with Crippen molar-refractivity contribution >= 4 is 0 Å². The quantitative estimate of drug-likeness (QED) is 0.355. The van der Waals surface area contributed by atoms with E-state index in [2.05, 4.69) is 91.0 Å². The average molecular weight is 354 g/mol. The number of rotatable bonds is 0. The lowest BCUT2D eigenvalue weighted by Gasteiger charge is -2.49. The molecule has 28 heavy (non-hydrogen) atoms. The normalized spacial score (nSPS) is 24.9. The fourth-order valence-corrected chi connectivity index (χ4v) is 6.26. The van der Waals surface area contributed by atoms with E-state index >= 15 is 0 Å². The second-order valence-electron chi connectivity index (χ2n) is 8.27. The molecular formula is C28H18. The Labute approximate surface area is 165 Å². The Hall–Kier alpha value is -3.30. The molecule has 0 aromatic heterocycles. The van der Waals surface area contributed by atoms with Crippen LogP contribution in [0.2, 0.25) is 0 Å². The minimum Gasteiger partial charge on any atom is -0.0699 e. The molecule has 0 saturated heterocycles. The lowest BCUT2D eigenvalue weighted by Crippen LogP contribution is -2.35. The average Bonchev–Trinajstić information content (AvgIpc) is 2.74. The molecule has 0 fully saturated rings. The van der Waals surface area contributed by atoms with E-state index in [0.29, 0.717) is 23.7 Å². The Kier molecular flexibility index (Phi) is 2.71. The van der Waals surface area contributed by atoms with Crippen molar-refractivity contribution < 1.29 is 0 Å². The smallest absolute Gasteiger partial charge is 0.0285 e. The van der Waals surface area contributed by atoms with Crippen LogP contribution < -0.4 is 0 Å². The van der Waals surface area contributed by atoms with Gasteiger partial charge in [-0.3, -0.25) is 0 Å². The summed E-state index contributed by atoms with van der Waals surface area (Å²) >= 11 is 0. The van der Waals surface area contributed by atoms with Gasteiger partial charge in [0.15, 0.2) is 0 Å². The molecule has 0 amide bonds. The summed E-state index contributed by atoms with van der Waals surface area (Å²) in [7, 11) is 0. The standard InChI is InChI=1S/C28H18/c1-2-10-18-17(9-1)25-19-11-3-4-12-20(19)26(18)28-23-15-7-5-13-21(23)27(25)22-14-6-8-16-24(22)28/h1-7,9-15,25-28H. The monoisotopic (exact) mass is 354 g/mol. The minimum atomic E-state index is 0.295. The molecule has 0 nitrogen and oxygen atoms in total. The van der Waals surface area contributed by atoms with E-state index in [1.165, 1.54) is 44.5 Å². The Morgan fingerprint density at radius 2 is 0.821 bits per heavy atom. The van der Waals surface area contributed by atoms with Crippen LogP contribution >= 0.6 is 0 Å². The van der Waals surface area contributed by atoms with Crippen LogP contribution in [-0.2, 0) is 0 Å². The highest BCUT2D eigenvalue weighted by molar-refractivity contribution is 5.67. The molecule has 0 heteroatoms. The highest BCUT2D eigenvalue weighted by Gasteiger charge is 2.49. The first-order valence-corrected chi connectivity index (χ1v) is 10.1. The van der Waals surface area contributed by atoms with Gasteiger partial charge in [0, 0.05) is 29.2 Å². The Bertz CT molecular complexity index is 958. The highest BCUT2D eigenvalue weighted by atomic mass is 14.5. The van der Waals surface area contributed by atoms with E-state index in [9.17, 15) is 0 Å². The predicted molar refractivity (Wildman–Crippen MR) is 111 cm³/mol. The molecule has 2 unspecified atom stereocenters. The fourth-order valence-electron chi connectivity index (χ4n) is 6.26. The van der Waals surface area contributed by atoms with Gasteiger partial charge in [0.25, 0.3) is 0 Å². The van der Waals surface area contributed by atoms with Gasteiger partial charge in [-0.25, -0.2) is 0 Å². The summed E-state index contributed by atoms with van der Waals surface area (Å²) in [5.74, 6) is 1.30. The van der Waals surface area contributed by atoms with Crippen LogP contribution in [0.25, 0.3) is 0 Å². The van der Waals surface area contributed by atoms with Crippen molar-refractivity contribution in [2.24, 2.45) is 0 Å². The van der Waals surface area contributed by atoms with E-state index in [1.807, 2.05) is 6.07 Å². The first-order chi connectivity index (χ1) is 13.9. The van der Waals surface area contributed by atoms with E-state index in [-0.39, 0.29) is 0 Å². The lowest BCUT2D eigenvalue weighted by molar-refractivity contribution is 0.529. The summed E-state index contributed by atoms with van der Waals surface area (Å²) in [6.07, 6.45) is 0. The van der Waals surface area contributed by atoms with Crippen LogP contribution in [0.3, 0.4) is 0 Å². The Balaban J connectivity index is 1.69. The molecule has 6 aliphatic rings. The highest BCUT2D eigenvalue weighted by Crippen LogP contribution is 2.63. The van der Waals surface area contributed by atoms with Crippen molar-refractivity contribution in [3.05, 3.63) is 142 Å². The SMILES string of the molecule is c1ccc2c(c#1)C1c3ccccc3C2C2c3ccccc3C1c1ccccc12. The summed E-state index contributed by atoms with van der Waals surface area (Å²) in [5.41, 5.74) is 11.8. The maximum absolute atomic E-state index is 3.55. The van der Waals surface area contributed by atoms with Crippen molar-refractivity contribution in [1.29, 1.82) is 0 Å². The molecule has 0 spiro atoms. The first-order valence-electron chi connectivity index (χ1n) is 10.1. The summed E-state index contributed by atoms with van der Waals surface area (Å²) in [4.78, 5) is 0. The zero-order chi connectivity index (χ0) is 18.2. The third-order valence-electron chi connectivity index (χ3n) is 7.18. The predicted octanol–water partition coefficient (Wildman–Crippen LogP) is 6.16. The molecule has 0 aliphatic heterocycles. The first kappa shape index (κ1) is 14.7. The number of hydrogen-bond donors (Lipinski definition) is 0. The van der Waals surface area contributed by atoms with Crippen LogP contribution in [0, 0.1) is 12.1 Å².